The average Bonchev–Trinajstić information content (AvgIpc) is 2.28. The Morgan fingerprint density at radius 2 is 2.00 bits per heavy atom. The first-order valence-corrected chi connectivity index (χ1v) is 5.95. The largest absolute Gasteiger partial charge is 0.0761 e. The Morgan fingerprint density at radius 3 is 2.88 bits per heavy atom. The monoisotopic (exact) mass is 208 g/mol. The summed E-state index contributed by atoms with van der Waals surface area (Å²) in [5.41, 5.74) is 1.37. The van der Waals surface area contributed by atoms with Crippen molar-refractivity contribution >= 4 is 22.9 Å². The summed E-state index contributed by atoms with van der Waals surface area (Å²) in [6, 6.07) is 11.2. The predicted octanol–water partition coefficient (Wildman–Crippen LogP) is 2.75. The minimum absolute atomic E-state index is 0.675. The maximum Gasteiger partial charge on any atom is -0.0148 e. The van der Waals surface area contributed by atoms with Crippen LogP contribution in [-0.2, 0) is 0 Å². The van der Waals surface area contributed by atoms with Gasteiger partial charge in [0.1, 0.15) is 0 Å². The zero-order chi connectivity index (χ0) is 11.1. The van der Waals surface area contributed by atoms with Crippen molar-refractivity contribution in [2.75, 3.05) is 0 Å². The highest BCUT2D eigenvalue weighted by Gasteiger charge is 2.03. The minimum atomic E-state index is 0.675. The van der Waals surface area contributed by atoms with Crippen molar-refractivity contribution in [3.63, 3.8) is 0 Å². The summed E-state index contributed by atoms with van der Waals surface area (Å²) in [7, 11) is 0. The molecular weight excluding hydrogens is 192 g/mol. The van der Waals surface area contributed by atoms with Crippen molar-refractivity contribution in [2.24, 2.45) is 5.92 Å². The van der Waals surface area contributed by atoms with Gasteiger partial charge in [0.05, 0.1) is 0 Å². The van der Waals surface area contributed by atoms with Crippen molar-refractivity contribution in [2.45, 2.75) is 20.3 Å². The molecule has 0 bridgehead atoms. The van der Waals surface area contributed by atoms with Gasteiger partial charge >= 0.3 is 0 Å². The van der Waals surface area contributed by atoms with Gasteiger partial charge in [0.2, 0.25) is 0 Å². The zero-order valence-electron chi connectivity index (χ0n) is 9.83. The number of hydrogen-bond donors (Lipinski definition) is 0. The van der Waals surface area contributed by atoms with Gasteiger partial charge in [-0.15, -0.1) is 0 Å². The number of benzene rings is 2. The summed E-state index contributed by atoms with van der Waals surface area (Å²) in [5, 5.41) is 5.55. The third-order valence-corrected chi connectivity index (χ3v) is 3.48. The molecule has 0 spiro atoms. The van der Waals surface area contributed by atoms with E-state index in [4.69, 9.17) is 0 Å². The second-order valence-corrected chi connectivity index (χ2v) is 4.86. The molecule has 3 rings (SSSR count). The fourth-order valence-electron chi connectivity index (χ4n) is 2.52. The lowest BCUT2D eigenvalue weighted by Crippen LogP contribution is -2.28. The van der Waals surface area contributed by atoms with Crippen LogP contribution in [0, 0.1) is 12.8 Å². The molecule has 2 aromatic carbocycles. The molecule has 0 radical (unpaired) electrons. The van der Waals surface area contributed by atoms with Crippen LogP contribution in [0.15, 0.2) is 30.3 Å². The Kier molecular flexibility index (Phi) is 2.10. The molecule has 1 unspecified atom stereocenters. The van der Waals surface area contributed by atoms with Gasteiger partial charge in [-0.3, -0.25) is 0 Å². The molecule has 16 heavy (non-hydrogen) atoms. The molecule has 0 fully saturated rings. The first-order valence-electron chi connectivity index (χ1n) is 5.95. The summed E-state index contributed by atoms with van der Waals surface area (Å²) in [4.78, 5) is 0. The summed E-state index contributed by atoms with van der Waals surface area (Å²) < 4.78 is 0. The van der Waals surface area contributed by atoms with Crippen LogP contribution >= 0.6 is 0 Å². The van der Waals surface area contributed by atoms with E-state index in [2.05, 4.69) is 56.3 Å². The van der Waals surface area contributed by atoms with E-state index in [1.165, 1.54) is 33.2 Å². The fraction of sp³-hybridized carbons (Fsp3) is 0.250. The quantitative estimate of drug-likeness (QED) is 0.624. The van der Waals surface area contributed by atoms with Crippen LogP contribution in [0.3, 0.4) is 0 Å². The Bertz CT molecular complexity index is 662. The SMILES string of the molecule is Cc1cccc2cc3c(cc12)=CC(C)CC=3. The number of hydrogen-bond acceptors (Lipinski definition) is 0. The van der Waals surface area contributed by atoms with Crippen molar-refractivity contribution in [3.05, 3.63) is 46.3 Å². The first kappa shape index (κ1) is 9.65. The fourth-order valence-corrected chi connectivity index (χ4v) is 2.52. The van der Waals surface area contributed by atoms with E-state index in [0.717, 1.165) is 0 Å². The topological polar surface area (TPSA) is 0 Å². The highest BCUT2D eigenvalue weighted by Crippen LogP contribution is 2.15. The van der Waals surface area contributed by atoms with E-state index < -0.39 is 0 Å². The molecule has 1 atom stereocenters. The van der Waals surface area contributed by atoms with Crippen molar-refractivity contribution in [1.82, 2.24) is 0 Å². The van der Waals surface area contributed by atoms with Crippen molar-refractivity contribution in [1.29, 1.82) is 0 Å². The van der Waals surface area contributed by atoms with Crippen LogP contribution in [0.2, 0.25) is 0 Å². The van der Waals surface area contributed by atoms with Gasteiger partial charge in [-0.25, -0.2) is 0 Å². The average molecular weight is 208 g/mol. The van der Waals surface area contributed by atoms with Gasteiger partial charge in [0, 0.05) is 0 Å². The Morgan fingerprint density at radius 1 is 1.12 bits per heavy atom. The smallest absolute Gasteiger partial charge is 0.0148 e. The molecule has 0 aromatic heterocycles. The van der Waals surface area contributed by atoms with Crippen molar-refractivity contribution in [3.8, 4) is 0 Å². The molecule has 0 heterocycles. The number of rotatable bonds is 0. The van der Waals surface area contributed by atoms with Crippen molar-refractivity contribution < 1.29 is 0 Å². The number of fused-ring (bicyclic) bond motifs is 2. The second-order valence-electron chi connectivity index (χ2n) is 4.86. The molecule has 0 N–H and O–H groups in total. The number of aryl methyl sites for hydroxylation is 1. The Labute approximate surface area is 95.9 Å². The normalized spacial score (nSPS) is 18.8. The third-order valence-electron chi connectivity index (χ3n) is 3.48. The van der Waals surface area contributed by atoms with E-state index in [1.54, 1.807) is 0 Å². The standard InChI is InChI=1S/C16H16/c1-11-6-7-13-9-14-5-3-4-12(2)16(14)10-15(13)8-11/h3-5,7-11H,6H2,1-2H3. The molecule has 0 saturated carbocycles. The van der Waals surface area contributed by atoms with E-state index in [1.807, 2.05) is 0 Å². The summed E-state index contributed by atoms with van der Waals surface area (Å²) in [6.07, 6.45) is 5.92. The van der Waals surface area contributed by atoms with Gasteiger partial charge in [0.25, 0.3) is 0 Å². The molecule has 0 heteroatoms. The Balaban J connectivity index is 2.46. The van der Waals surface area contributed by atoms with E-state index in [0.29, 0.717) is 5.92 Å². The van der Waals surface area contributed by atoms with Crippen LogP contribution in [-0.4, -0.2) is 0 Å². The molecule has 0 saturated heterocycles. The van der Waals surface area contributed by atoms with E-state index >= 15 is 0 Å². The first-order chi connectivity index (χ1) is 7.74. The molecule has 0 nitrogen and oxygen atoms in total. The maximum atomic E-state index is 2.39. The van der Waals surface area contributed by atoms with E-state index in [9.17, 15) is 0 Å². The zero-order valence-corrected chi connectivity index (χ0v) is 9.83. The van der Waals surface area contributed by atoms with Crippen LogP contribution in [0.4, 0.5) is 0 Å². The molecule has 0 aliphatic heterocycles. The highest BCUT2D eigenvalue weighted by atomic mass is 14.1. The predicted molar refractivity (Wildman–Crippen MR) is 70.6 cm³/mol. The Hall–Kier alpha value is -1.56. The molecular formula is C16H16. The van der Waals surface area contributed by atoms with Crippen LogP contribution in [0.25, 0.3) is 22.9 Å². The third kappa shape index (κ3) is 1.46. The lowest BCUT2D eigenvalue weighted by Gasteiger charge is -2.09. The van der Waals surface area contributed by atoms with Gasteiger partial charge < -0.3 is 0 Å². The van der Waals surface area contributed by atoms with Gasteiger partial charge in [-0.1, -0.05) is 37.3 Å². The highest BCUT2D eigenvalue weighted by molar-refractivity contribution is 5.86. The lowest BCUT2D eigenvalue weighted by atomic mass is 9.96. The molecule has 1 aliphatic carbocycles. The van der Waals surface area contributed by atoms with Gasteiger partial charge in [-0.2, -0.15) is 0 Å². The summed E-state index contributed by atoms with van der Waals surface area (Å²) in [6.45, 7) is 4.46. The minimum Gasteiger partial charge on any atom is -0.0761 e. The van der Waals surface area contributed by atoms with Gasteiger partial charge in [0.15, 0.2) is 0 Å². The molecule has 80 valence electrons. The van der Waals surface area contributed by atoms with Crippen LogP contribution in [0.5, 0.6) is 0 Å². The molecule has 2 aromatic rings. The molecule has 0 amide bonds. The van der Waals surface area contributed by atoms with E-state index in [-0.39, 0.29) is 0 Å². The van der Waals surface area contributed by atoms with Crippen LogP contribution in [0.1, 0.15) is 18.9 Å². The second kappa shape index (κ2) is 3.48. The van der Waals surface area contributed by atoms with Crippen LogP contribution < -0.4 is 10.4 Å². The molecule has 1 aliphatic rings. The maximum absolute atomic E-state index is 2.39. The summed E-state index contributed by atoms with van der Waals surface area (Å²) >= 11 is 0. The van der Waals surface area contributed by atoms with Gasteiger partial charge in [-0.05, 0) is 58.2 Å². The lowest BCUT2D eigenvalue weighted by molar-refractivity contribution is 0.801. The summed E-state index contributed by atoms with van der Waals surface area (Å²) in [5.74, 6) is 0.675.